The largest absolute Gasteiger partial charge is 0.497 e. The normalized spacial score (nSPS) is 29.0. The van der Waals surface area contributed by atoms with Gasteiger partial charge in [0.05, 0.1) is 13.2 Å². The first-order chi connectivity index (χ1) is 10.7. The minimum Gasteiger partial charge on any atom is -0.497 e. The SMILES string of the molecule is COc1ccc2oc3c(c2c1)CCN[C@H]1C[C@@H](C(C)O)C[C@@H]31. The molecule has 1 unspecified atom stereocenters. The third-order valence-corrected chi connectivity index (χ3v) is 5.43. The van der Waals surface area contributed by atoms with Crippen LogP contribution in [0.3, 0.4) is 0 Å². The molecule has 1 aromatic carbocycles. The van der Waals surface area contributed by atoms with E-state index in [1.807, 2.05) is 19.1 Å². The maximum absolute atomic E-state index is 9.95. The van der Waals surface area contributed by atoms with Crippen molar-refractivity contribution in [3.63, 3.8) is 0 Å². The Balaban J connectivity index is 1.79. The van der Waals surface area contributed by atoms with E-state index in [-0.39, 0.29) is 6.10 Å². The average molecular weight is 301 g/mol. The minimum atomic E-state index is -0.248. The number of fused-ring (bicyclic) bond motifs is 5. The zero-order chi connectivity index (χ0) is 15.3. The van der Waals surface area contributed by atoms with E-state index in [0.717, 1.165) is 42.9 Å². The summed E-state index contributed by atoms with van der Waals surface area (Å²) >= 11 is 0. The molecule has 1 fully saturated rings. The van der Waals surface area contributed by atoms with Gasteiger partial charge in [-0.15, -0.1) is 0 Å². The highest BCUT2D eigenvalue weighted by atomic mass is 16.5. The lowest BCUT2D eigenvalue weighted by atomic mass is 9.95. The molecule has 4 nitrogen and oxygen atoms in total. The lowest BCUT2D eigenvalue weighted by Crippen LogP contribution is -2.31. The van der Waals surface area contributed by atoms with Gasteiger partial charge >= 0.3 is 0 Å². The summed E-state index contributed by atoms with van der Waals surface area (Å²) in [5, 5.41) is 14.8. The molecule has 0 radical (unpaired) electrons. The molecular formula is C18H23NO3. The molecule has 4 atom stereocenters. The first-order valence-electron chi connectivity index (χ1n) is 8.18. The van der Waals surface area contributed by atoms with Crippen LogP contribution in [-0.2, 0) is 6.42 Å². The number of aliphatic hydroxyl groups excluding tert-OH is 1. The van der Waals surface area contributed by atoms with Gasteiger partial charge in [0.2, 0.25) is 0 Å². The lowest BCUT2D eigenvalue weighted by molar-refractivity contribution is 0.126. The topological polar surface area (TPSA) is 54.6 Å². The predicted molar refractivity (Wildman–Crippen MR) is 85.4 cm³/mol. The summed E-state index contributed by atoms with van der Waals surface area (Å²) in [6.07, 6.45) is 2.77. The zero-order valence-corrected chi connectivity index (χ0v) is 13.1. The van der Waals surface area contributed by atoms with Gasteiger partial charge in [-0.05, 0) is 56.8 Å². The molecule has 2 N–H and O–H groups in total. The Labute approximate surface area is 130 Å². The van der Waals surface area contributed by atoms with Crippen molar-refractivity contribution in [1.29, 1.82) is 0 Å². The molecule has 1 aliphatic heterocycles. The number of aliphatic hydroxyl groups is 1. The van der Waals surface area contributed by atoms with Crippen LogP contribution in [0.4, 0.5) is 0 Å². The molecule has 2 heterocycles. The van der Waals surface area contributed by atoms with Gasteiger partial charge in [0, 0.05) is 22.9 Å². The fourth-order valence-electron chi connectivity index (χ4n) is 4.20. The van der Waals surface area contributed by atoms with Crippen LogP contribution in [0.1, 0.15) is 37.0 Å². The third-order valence-electron chi connectivity index (χ3n) is 5.43. The van der Waals surface area contributed by atoms with Crippen molar-refractivity contribution in [1.82, 2.24) is 5.32 Å². The maximum Gasteiger partial charge on any atom is 0.134 e. The van der Waals surface area contributed by atoms with E-state index in [2.05, 4.69) is 11.4 Å². The number of nitrogens with one attached hydrogen (secondary N) is 1. The van der Waals surface area contributed by atoms with Gasteiger partial charge in [-0.3, -0.25) is 0 Å². The second-order valence-electron chi connectivity index (χ2n) is 6.70. The molecule has 118 valence electrons. The average Bonchev–Trinajstić information content (AvgIpc) is 3.05. The first kappa shape index (κ1) is 14.1. The van der Waals surface area contributed by atoms with E-state index < -0.39 is 0 Å². The van der Waals surface area contributed by atoms with E-state index in [0.29, 0.717) is 17.9 Å². The molecule has 4 heteroatoms. The summed E-state index contributed by atoms with van der Waals surface area (Å²) < 4.78 is 11.6. The molecule has 1 aliphatic carbocycles. The molecule has 0 amide bonds. The molecule has 4 rings (SSSR count). The first-order valence-corrected chi connectivity index (χ1v) is 8.18. The molecular weight excluding hydrogens is 278 g/mol. The predicted octanol–water partition coefficient (Wildman–Crippen LogP) is 2.83. The van der Waals surface area contributed by atoms with E-state index in [4.69, 9.17) is 9.15 Å². The van der Waals surface area contributed by atoms with Crippen molar-refractivity contribution in [2.45, 2.75) is 44.2 Å². The number of benzene rings is 1. The van der Waals surface area contributed by atoms with Gasteiger partial charge in [0.1, 0.15) is 17.1 Å². The Morgan fingerprint density at radius 1 is 1.36 bits per heavy atom. The Kier molecular flexibility index (Phi) is 3.39. The van der Waals surface area contributed by atoms with Gasteiger partial charge in [-0.25, -0.2) is 0 Å². The molecule has 22 heavy (non-hydrogen) atoms. The number of ether oxygens (including phenoxy) is 1. The summed E-state index contributed by atoms with van der Waals surface area (Å²) in [5.74, 6) is 2.73. The third kappa shape index (κ3) is 2.13. The summed E-state index contributed by atoms with van der Waals surface area (Å²) in [6, 6.07) is 6.46. The Morgan fingerprint density at radius 2 is 2.23 bits per heavy atom. The fraction of sp³-hybridized carbons (Fsp3) is 0.556. The highest BCUT2D eigenvalue weighted by molar-refractivity contribution is 5.84. The number of rotatable bonds is 2. The number of methoxy groups -OCH3 is 1. The fourth-order valence-corrected chi connectivity index (χ4v) is 4.20. The monoisotopic (exact) mass is 301 g/mol. The molecule has 0 saturated heterocycles. The van der Waals surface area contributed by atoms with E-state index in [9.17, 15) is 5.11 Å². The Hall–Kier alpha value is -1.52. The Bertz CT molecular complexity index is 691. The number of hydrogen-bond acceptors (Lipinski definition) is 4. The number of hydrogen-bond donors (Lipinski definition) is 2. The smallest absolute Gasteiger partial charge is 0.134 e. The van der Waals surface area contributed by atoms with Crippen LogP contribution in [0.25, 0.3) is 11.0 Å². The van der Waals surface area contributed by atoms with Crippen LogP contribution >= 0.6 is 0 Å². The van der Waals surface area contributed by atoms with Crippen molar-refractivity contribution in [3.8, 4) is 5.75 Å². The van der Waals surface area contributed by atoms with E-state index in [1.165, 1.54) is 10.9 Å². The molecule has 1 aromatic heterocycles. The van der Waals surface area contributed by atoms with Crippen molar-refractivity contribution in [2.75, 3.05) is 13.7 Å². The Morgan fingerprint density at radius 3 is 3.00 bits per heavy atom. The molecule has 0 bridgehead atoms. The molecule has 1 saturated carbocycles. The van der Waals surface area contributed by atoms with Crippen molar-refractivity contribution >= 4 is 11.0 Å². The second kappa shape index (κ2) is 5.28. The van der Waals surface area contributed by atoms with Crippen LogP contribution in [0.15, 0.2) is 22.6 Å². The summed E-state index contributed by atoms with van der Waals surface area (Å²) in [6.45, 7) is 2.87. The van der Waals surface area contributed by atoms with Crippen molar-refractivity contribution in [3.05, 3.63) is 29.5 Å². The minimum absolute atomic E-state index is 0.248. The van der Waals surface area contributed by atoms with Gasteiger partial charge in [-0.1, -0.05) is 0 Å². The lowest BCUT2D eigenvalue weighted by Gasteiger charge is -2.16. The highest BCUT2D eigenvalue weighted by Gasteiger charge is 2.41. The maximum atomic E-state index is 9.95. The molecule has 2 aromatic rings. The standard InChI is InChI=1S/C18H23NO3/c1-10(20)11-7-15-16(8-11)19-6-5-13-14-9-12(21-2)3-4-17(14)22-18(13)15/h3-4,9-11,15-16,19-20H,5-8H2,1-2H3/t10?,11-,15+,16-/m0/s1. The quantitative estimate of drug-likeness (QED) is 0.895. The summed E-state index contributed by atoms with van der Waals surface area (Å²) in [5.41, 5.74) is 2.27. The van der Waals surface area contributed by atoms with Crippen LogP contribution in [0.2, 0.25) is 0 Å². The van der Waals surface area contributed by atoms with Crippen molar-refractivity contribution in [2.24, 2.45) is 5.92 Å². The van der Waals surface area contributed by atoms with Crippen molar-refractivity contribution < 1.29 is 14.3 Å². The number of furan rings is 1. The van der Waals surface area contributed by atoms with Crippen LogP contribution in [0, 0.1) is 5.92 Å². The summed E-state index contributed by atoms with van der Waals surface area (Å²) in [4.78, 5) is 0. The van der Waals surface area contributed by atoms with E-state index in [1.54, 1.807) is 7.11 Å². The van der Waals surface area contributed by atoms with Gasteiger partial charge in [0.25, 0.3) is 0 Å². The summed E-state index contributed by atoms with van der Waals surface area (Å²) in [7, 11) is 1.70. The van der Waals surface area contributed by atoms with Crippen LogP contribution in [-0.4, -0.2) is 30.9 Å². The molecule has 0 spiro atoms. The van der Waals surface area contributed by atoms with Gasteiger partial charge in [0.15, 0.2) is 0 Å². The highest BCUT2D eigenvalue weighted by Crippen LogP contribution is 2.45. The van der Waals surface area contributed by atoms with Crippen LogP contribution < -0.4 is 10.1 Å². The van der Waals surface area contributed by atoms with Crippen LogP contribution in [0.5, 0.6) is 5.75 Å². The molecule has 2 aliphatic rings. The van der Waals surface area contributed by atoms with E-state index >= 15 is 0 Å². The second-order valence-corrected chi connectivity index (χ2v) is 6.70. The van der Waals surface area contributed by atoms with Gasteiger partial charge in [-0.2, -0.15) is 0 Å². The van der Waals surface area contributed by atoms with Gasteiger partial charge < -0.3 is 19.6 Å². The zero-order valence-electron chi connectivity index (χ0n) is 13.1.